The lowest BCUT2D eigenvalue weighted by atomic mass is 10.5. The van der Waals surface area contributed by atoms with Crippen molar-refractivity contribution in [3.05, 3.63) is 24.8 Å². The van der Waals surface area contributed by atoms with Crippen LogP contribution in [0.4, 0.5) is 0 Å². The van der Waals surface area contributed by atoms with E-state index in [1.54, 1.807) is 32.4 Å². The zero-order chi connectivity index (χ0) is 7.11. The molecule has 2 nitrogen and oxygen atoms in total. The number of aliphatic imine (C=N–C) groups is 1. The van der Waals surface area contributed by atoms with Crippen LogP contribution in [0.25, 0.3) is 0 Å². The molecule has 0 aromatic heterocycles. The van der Waals surface area contributed by atoms with Crippen LogP contribution in [0.2, 0.25) is 0 Å². The lowest BCUT2D eigenvalue weighted by Crippen LogP contribution is -1.94. The monoisotopic (exact) mass is 125 g/mol. The molecule has 0 saturated carbocycles. The van der Waals surface area contributed by atoms with E-state index in [1.165, 1.54) is 0 Å². The number of hydrogen-bond acceptors (Lipinski definition) is 2. The van der Waals surface area contributed by atoms with Crippen molar-refractivity contribution in [1.29, 1.82) is 0 Å². The number of hydrogen-bond donors (Lipinski definition) is 0. The quantitative estimate of drug-likeness (QED) is 0.310. The highest BCUT2D eigenvalue weighted by atomic mass is 16.5. The molecule has 0 unspecified atom stereocenters. The number of ether oxygens (including phenoxy) is 1. The van der Waals surface area contributed by atoms with Gasteiger partial charge in [-0.15, -0.1) is 0 Å². The lowest BCUT2D eigenvalue weighted by Gasteiger charge is -1.93. The largest absolute Gasteiger partial charge is 0.481 e. The highest BCUT2D eigenvalue weighted by molar-refractivity contribution is 5.87. The Bertz CT molecular complexity index is 136. The van der Waals surface area contributed by atoms with Crippen LogP contribution in [0.15, 0.2) is 29.8 Å². The highest BCUT2D eigenvalue weighted by Gasteiger charge is 1.82. The van der Waals surface area contributed by atoms with Crippen molar-refractivity contribution < 1.29 is 4.74 Å². The van der Waals surface area contributed by atoms with Gasteiger partial charge in [-0.25, -0.2) is 0 Å². The zero-order valence-corrected chi connectivity index (χ0v) is 5.79. The Morgan fingerprint density at radius 2 is 2.33 bits per heavy atom. The molecule has 0 aromatic carbocycles. The molecule has 0 amide bonds. The minimum atomic E-state index is 0.606. The topological polar surface area (TPSA) is 21.6 Å². The van der Waals surface area contributed by atoms with Crippen molar-refractivity contribution in [1.82, 2.24) is 0 Å². The summed E-state index contributed by atoms with van der Waals surface area (Å²) in [6.45, 7) is 3.50. The molecule has 0 aliphatic rings. The van der Waals surface area contributed by atoms with Gasteiger partial charge in [-0.05, 0) is 6.08 Å². The predicted molar refractivity (Wildman–Crippen MR) is 39.7 cm³/mol. The molecule has 0 radical (unpaired) electrons. The summed E-state index contributed by atoms with van der Waals surface area (Å²) >= 11 is 0. The Hall–Kier alpha value is -1.05. The summed E-state index contributed by atoms with van der Waals surface area (Å²) in [5.41, 5.74) is 0. The Labute approximate surface area is 55.6 Å². The Morgan fingerprint density at radius 3 is 2.67 bits per heavy atom. The van der Waals surface area contributed by atoms with E-state index >= 15 is 0 Å². The molecule has 0 bridgehead atoms. The first-order valence-corrected chi connectivity index (χ1v) is 2.65. The fourth-order valence-corrected chi connectivity index (χ4v) is 0.384. The number of allylic oxidation sites excluding steroid dienone is 2. The van der Waals surface area contributed by atoms with Gasteiger partial charge in [0.2, 0.25) is 5.90 Å². The van der Waals surface area contributed by atoms with Crippen LogP contribution in [-0.4, -0.2) is 20.1 Å². The van der Waals surface area contributed by atoms with E-state index in [4.69, 9.17) is 4.74 Å². The van der Waals surface area contributed by atoms with Crippen LogP contribution in [0.3, 0.4) is 0 Å². The molecular formula is C7H11NO. The van der Waals surface area contributed by atoms with Crippen LogP contribution in [-0.2, 0) is 4.74 Å². The molecule has 2 heteroatoms. The van der Waals surface area contributed by atoms with E-state index in [1.807, 2.05) is 0 Å². The summed E-state index contributed by atoms with van der Waals surface area (Å²) in [5, 5.41) is 0. The van der Waals surface area contributed by atoms with E-state index in [9.17, 15) is 0 Å². The molecule has 9 heavy (non-hydrogen) atoms. The van der Waals surface area contributed by atoms with E-state index in [-0.39, 0.29) is 0 Å². The lowest BCUT2D eigenvalue weighted by molar-refractivity contribution is 0.406. The third-order valence-electron chi connectivity index (χ3n) is 0.804. The van der Waals surface area contributed by atoms with E-state index in [0.29, 0.717) is 5.90 Å². The van der Waals surface area contributed by atoms with Gasteiger partial charge < -0.3 is 4.74 Å². The van der Waals surface area contributed by atoms with Crippen LogP contribution in [0.5, 0.6) is 0 Å². The second-order valence-electron chi connectivity index (χ2n) is 1.36. The minimum absolute atomic E-state index is 0.606. The first-order valence-electron chi connectivity index (χ1n) is 2.65. The second-order valence-corrected chi connectivity index (χ2v) is 1.36. The van der Waals surface area contributed by atoms with E-state index < -0.39 is 0 Å². The summed E-state index contributed by atoms with van der Waals surface area (Å²) in [6.07, 6.45) is 5.18. The summed E-state index contributed by atoms with van der Waals surface area (Å²) in [5.74, 6) is 0.606. The fraction of sp³-hybridized carbons (Fsp3) is 0.286. The average molecular weight is 125 g/mol. The first-order chi connectivity index (χ1) is 4.35. The summed E-state index contributed by atoms with van der Waals surface area (Å²) in [6, 6.07) is 0. The molecule has 0 rings (SSSR count). The molecule has 0 spiro atoms. The van der Waals surface area contributed by atoms with Gasteiger partial charge >= 0.3 is 0 Å². The van der Waals surface area contributed by atoms with Crippen molar-refractivity contribution in [2.24, 2.45) is 4.99 Å². The van der Waals surface area contributed by atoms with Crippen molar-refractivity contribution in [2.75, 3.05) is 14.2 Å². The molecule has 0 atom stereocenters. The summed E-state index contributed by atoms with van der Waals surface area (Å²) in [4.78, 5) is 3.80. The van der Waals surface area contributed by atoms with Gasteiger partial charge in [0.05, 0.1) is 7.11 Å². The molecule has 0 aromatic rings. The van der Waals surface area contributed by atoms with E-state index in [0.717, 1.165) is 0 Å². The molecular weight excluding hydrogens is 114 g/mol. The normalized spacial score (nSPS) is 12.0. The Morgan fingerprint density at radius 1 is 1.67 bits per heavy atom. The Kier molecular flexibility index (Phi) is 4.50. The summed E-state index contributed by atoms with van der Waals surface area (Å²) < 4.78 is 4.82. The summed E-state index contributed by atoms with van der Waals surface area (Å²) in [7, 11) is 3.25. The minimum Gasteiger partial charge on any atom is -0.481 e. The Balaban J connectivity index is 3.84. The predicted octanol–water partition coefficient (Wildman–Crippen LogP) is 1.40. The standard InChI is InChI=1S/C7H11NO/c1-4-5-6-7(8-2)9-3/h4-6H,1H2,2-3H3/b6-5-,8-7?. The van der Waals surface area contributed by atoms with Crippen molar-refractivity contribution in [2.45, 2.75) is 0 Å². The van der Waals surface area contributed by atoms with Gasteiger partial charge in [-0.2, -0.15) is 0 Å². The maximum absolute atomic E-state index is 4.82. The third-order valence-corrected chi connectivity index (χ3v) is 0.804. The number of nitrogens with zero attached hydrogens (tertiary/aromatic N) is 1. The van der Waals surface area contributed by atoms with Gasteiger partial charge in [0, 0.05) is 7.05 Å². The van der Waals surface area contributed by atoms with Gasteiger partial charge in [0.25, 0.3) is 0 Å². The van der Waals surface area contributed by atoms with Crippen molar-refractivity contribution in [3.8, 4) is 0 Å². The van der Waals surface area contributed by atoms with Crippen LogP contribution >= 0.6 is 0 Å². The molecule has 0 aliphatic heterocycles. The molecule has 0 fully saturated rings. The molecule has 0 heterocycles. The fourth-order valence-electron chi connectivity index (χ4n) is 0.384. The maximum atomic E-state index is 4.82. The molecule has 50 valence electrons. The number of rotatable bonds is 2. The van der Waals surface area contributed by atoms with E-state index in [2.05, 4.69) is 11.6 Å². The van der Waals surface area contributed by atoms with Crippen LogP contribution in [0.1, 0.15) is 0 Å². The van der Waals surface area contributed by atoms with Crippen LogP contribution < -0.4 is 0 Å². The zero-order valence-electron chi connectivity index (χ0n) is 5.79. The smallest absolute Gasteiger partial charge is 0.207 e. The van der Waals surface area contributed by atoms with Crippen LogP contribution in [0, 0.1) is 0 Å². The average Bonchev–Trinajstić information content (AvgIpc) is 1.91. The maximum Gasteiger partial charge on any atom is 0.207 e. The molecule has 0 saturated heterocycles. The number of methoxy groups -OCH3 is 1. The van der Waals surface area contributed by atoms with Gasteiger partial charge in [0.15, 0.2) is 0 Å². The second kappa shape index (κ2) is 5.09. The first kappa shape index (κ1) is 7.95. The molecule has 0 aliphatic carbocycles. The highest BCUT2D eigenvalue weighted by Crippen LogP contribution is 1.81. The van der Waals surface area contributed by atoms with Crippen molar-refractivity contribution >= 4 is 5.90 Å². The van der Waals surface area contributed by atoms with Gasteiger partial charge in [-0.1, -0.05) is 18.7 Å². The van der Waals surface area contributed by atoms with Crippen molar-refractivity contribution in [3.63, 3.8) is 0 Å². The SMILES string of the molecule is C=C/C=C\C(=NC)OC. The van der Waals surface area contributed by atoms with Gasteiger partial charge in [0.1, 0.15) is 0 Å². The third kappa shape index (κ3) is 3.53. The molecule has 0 N–H and O–H groups in total. The van der Waals surface area contributed by atoms with Gasteiger partial charge in [-0.3, -0.25) is 4.99 Å².